The Balaban J connectivity index is 0.000000810. The van der Waals surface area contributed by atoms with Gasteiger partial charge in [0.05, 0.1) is 0 Å². The molecule has 1 aromatic heterocycles. The maximum atomic E-state index is 10.2. The molecule has 0 spiro atoms. The molecule has 0 N–H and O–H groups in total. The van der Waals surface area contributed by atoms with Gasteiger partial charge in [0.2, 0.25) is 0 Å². The van der Waals surface area contributed by atoms with Crippen LogP contribution in [0.4, 0.5) is 0 Å². The first-order chi connectivity index (χ1) is 4.18. The summed E-state index contributed by atoms with van der Waals surface area (Å²) in [5.41, 5.74) is 0. The third kappa shape index (κ3) is 2.34. The Labute approximate surface area is 78.4 Å². The van der Waals surface area contributed by atoms with E-state index in [0.717, 1.165) is 0 Å². The molecule has 0 bridgehead atoms. The Bertz CT molecular complexity index is 180. The van der Waals surface area contributed by atoms with E-state index in [0.29, 0.717) is 19.0 Å². The molecule has 0 amide bonds. The average Bonchev–Trinajstić information content (AvgIpc) is 1.59. The second-order valence-electron chi connectivity index (χ2n) is 1.43. The van der Waals surface area contributed by atoms with Crippen molar-refractivity contribution < 1.29 is 14.2 Å². The Kier molecular flexibility index (Phi) is 3.34. The van der Waals surface area contributed by atoms with Gasteiger partial charge in [-0.15, -0.1) is 0 Å². The Morgan fingerprint density at radius 1 is 0.700 bits per heavy atom. The van der Waals surface area contributed by atoms with E-state index in [9.17, 15) is 15.6 Å². The van der Waals surface area contributed by atoms with Gasteiger partial charge in [-0.2, -0.15) is 0 Å². The summed E-state index contributed by atoms with van der Waals surface area (Å²) in [5.74, 6) is 0. The van der Waals surface area contributed by atoms with Crippen LogP contribution in [-0.4, -0.2) is 29.6 Å². The standard InChI is InChI=1S/C3H3N3O3.Na.H/c7-4-1-5(8)3-6(9)2-4;;/h1-3H;;. The van der Waals surface area contributed by atoms with Gasteiger partial charge in [-0.05, 0) is 0 Å². The fraction of sp³-hybridized carbons (Fsp3) is 0. The Morgan fingerprint density at radius 2 is 0.900 bits per heavy atom. The van der Waals surface area contributed by atoms with Gasteiger partial charge in [-0.1, -0.05) is 14.2 Å². The molecule has 0 aliphatic heterocycles. The summed E-state index contributed by atoms with van der Waals surface area (Å²) in [6.45, 7) is 0. The average molecular weight is 153 g/mol. The van der Waals surface area contributed by atoms with Gasteiger partial charge < -0.3 is 15.6 Å². The predicted octanol–water partition coefficient (Wildman–Crippen LogP) is -3.06. The third-order valence-electron chi connectivity index (χ3n) is 0.683. The maximum Gasteiger partial charge on any atom is 0.439 e. The van der Waals surface area contributed by atoms with Crippen LogP contribution in [0.1, 0.15) is 0 Å². The number of nitrogens with zero attached hydrogens (tertiary/aromatic N) is 3. The fourth-order valence-electron chi connectivity index (χ4n) is 0.426. The summed E-state index contributed by atoms with van der Waals surface area (Å²) in [6, 6.07) is 0. The molecule has 0 radical (unpaired) electrons. The smallest absolute Gasteiger partial charge is 0.439 e. The second-order valence-corrected chi connectivity index (χ2v) is 1.43. The molecule has 0 atom stereocenters. The van der Waals surface area contributed by atoms with Gasteiger partial charge in [-0.3, -0.25) is 0 Å². The van der Waals surface area contributed by atoms with Crippen molar-refractivity contribution in [2.24, 2.45) is 0 Å². The van der Waals surface area contributed by atoms with E-state index in [4.69, 9.17) is 0 Å². The van der Waals surface area contributed by atoms with Gasteiger partial charge in [0.15, 0.2) is 0 Å². The van der Waals surface area contributed by atoms with Crippen LogP contribution in [-0.2, 0) is 0 Å². The van der Waals surface area contributed by atoms with Crippen LogP contribution in [0.3, 0.4) is 0 Å². The largest absolute Gasteiger partial charge is 0.610 e. The van der Waals surface area contributed by atoms with Crippen LogP contribution in [0.25, 0.3) is 0 Å². The summed E-state index contributed by atoms with van der Waals surface area (Å²) in [4.78, 5) is 0. The summed E-state index contributed by atoms with van der Waals surface area (Å²) < 4.78 is 0.375. The van der Waals surface area contributed by atoms with Crippen LogP contribution < -0.4 is 14.2 Å². The summed E-state index contributed by atoms with van der Waals surface area (Å²) in [6.07, 6.45) is 2.07. The number of hydrogen-bond acceptors (Lipinski definition) is 3. The number of aromatic nitrogens is 3. The molecule has 0 saturated heterocycles. The molecule has 0 aromatic carbocycles. The molecule has 1 rings (SSSR count). The van der Waals surface area contributed by atoms with Crippen molar-refractivity contribution in [2.45, 2.75) is 0 Å². The minimum absolute atomic E-state index is 0. The van der Waals surface area contributed by atoms with E-state index < -0.39 is 0 Å². The van der Waals surface area contributed by atoms with Crippen molar-refractivity contribution in [1.82, 2.24) is 0 Å². The number of hydrogen-bond donors (Lipinski definition) is 0. The summed E-state index contributed by atoms with van der Waals surface area (Å²) >= 11 is 0. The van der Waals surface area contributed by atoms with E-state index >= 15 is 0 Å². The molecule has 6 nitrogen and oxygen atoms in total. The predicted molar refractivity (Wildman–Crippen MR) is 30.5 cm³/mol. The van der Waals surface area contributed by atoms with Crippen LogP contribution >= 0.6 is 0 Å². The third-order valence-corrected chi connectivity index (χ3v) is 0.683. The van der Waals surface area contributed by atoms with Crippen molar-refractivity contribution in [3.63, 3.8) is 0 Å². The molecule has 10 heavy (non-hydrogen) atoms. The van der Waals surface area contributed by atoms with E-state index in [1.54, 1.807) is 0 Å². The zero-order chi connectivity index (χ0) is 6.85. The first-order valence-electron chi connectivity index (χ1n) is 2.10. The molecule has 0 unspecified atom stereocenters. The number of rotatable bonds is 0. The molecule has 0 saturated carbocycles. The van der Waals surface area contributed by atoms with Gasteiger partial charge in [0, 0.05) is 0 Å². The van der Waals surface area contributed by atoms with Crippen molar-refractivity contribution in [2.75, 3.05) is 0 Å². The van der Waals surface area contributed by atoms with Gasteiger partial charge in [0.25, 0.3) is 0 Å². The van der Waals surface area contributed by atoms with Gasteiger partial charge in [-0.25, -0.2) is 0 Å². The van der Waals surface area contributed by atoms with Crippen molar-refractivity contribution in [1.29, 1.82) is 0 Å². The second kappa shape index (κ2) is 3.55. The molecule has 0 aliphatic carbocycles. The van der Waals surface area contributed by atoms with Crippen LogP contribution in [0.15, 0.2) is 19.0 Å². The zero-order valence-electron chi connectivity index (χ0n) is 4.30. The summed E-state index contributed by atoms with van der Waals surface area (Å²) in [7, 11) is 0. The van der Waals surface area contributed by atoms with Crippen molar-refractivity contribution in [3.8, 4) is 0 Å². The van der Waals surface area contributed by atoms with Crippen LogP contribution in [0, 0.1) is 15.6 Å². The van der Waals surface area contributed by atoms with E-state index in [-0.39, 0.29) is 43.7 Å². The minimum atomic E-state index is 0. The summed E-state index contributed by atoms with van der Waals surface area (Å²) in [5, 5.41) is 30.6. The molecule has 1 aromatic rings. The monoisotopic (exact) mass is 153 g/mol. The maximum absolute atomic E-state index is 10.2. The Morgan fingerprint density at radius 3 is 1.10 bits per heavy atom. The molecule has 1 heterocycles. The molecular formula is C3H4N3NaO3. The Hall–Kier alpha value is -0.590. The molecular weight excluding hydrogens is 149 g/mol. The molecule has 50 valence electrons. The zero-order valence-corrected chi connectivity index (χ0v) is 4.30. The van der Waals surface area contributed by atoms with Crippen LogP contribution in [0.2, 0.25) is 0 Å². The minimum Gasteiger partial charge on any atom is -0.610 e. The fourth-order valence-corrected chi connectivity index (χ4v) is 0.426. The molecule has 0 fully saturated rings. The van der Waals surface area contributed by atoms with E-state index in [1.165, 1.54) is 0 Å². The van der Waals surface area contributed by atoms with E-state index in [2.05, 4.69) is 0 Å². The quantitative estimate of drug-likeness (QED) is 0.225. The molecule has 7 heteroatoms. The van der Waals surface area contributed by atoms with E-state index in [1.807, 2.05) is 0 Å². The van der Waals surface area contributed by atoms with Crippen LogP contribution in [0.5, 0.6) is 0 Å². The SMILES string of the molecule is [NaH].[O-][n+]1c[n+]([O-])c[n+]([O-])c1. The molecule has 0 aliphatic rings. The van der Waals surface area contributed by atoms with Crippen molar-refractivity contribution in [3.05, 3.63) is 34.6 Å². The first kappa shape index (κ1) is 9.41. The topological polar surface area (TPSA) is 80.8 Å². The van der Waals surface area contributed by atoms with Gasteiger partial charge >= 0.3 is 48.5 Å². The first-order valence-corrected chi connectivity index (χ1v) is 2.10. The normalized spacial score (nSPS) is 8.40. The van der Waals surface area contributed by atoms with Crippen molar-refractivity contribution >= 4 is 29.6 Å². The van der Waals surface area contributed by atoms with Gasteiger partial charge in [0.1, 0.15) is 0 Å².